The second kappa shape index (κ2) is 7.43. The number of aromatic hydroxyl groups is 1. The Labute approximate surface area is 130 Å². The maximum absolute atomic E-state index is 10.2. The van der Waals surface area contributed by atoms with Crippen molar-refractivity contribution in [3.05, 3.63) is 28.2 Å². The van der Waals surface area contributed by atoms with Crippen LogP contribution in [0.15, 0.2) is 22.7 Å². The van der Waals surface area contributed by atoms with Gasteiger partial charge in [0.15, 0.2) is 0 Å². The summed E-state index contributed by atoms with van der Waals surface area (Å²) in [6, 6.07) is 6.08. The van der Waals surface area contributed by atoms with Crippen molar-refractivity contribution in [2.75, 3.05) is 26.2 Å². The molecule has 1 aromatic rings. The predicted octanol–water partition coefficient (Wildman–Crippen LogP) is 3.54. The summed E-state index contributed by atoms with van der Waals surface area (Å²) in [6.07, 6.45) is 2.28. The number of piperazine rings is 1. The summed E-state index contributed by atoms with van der Waals surface area (Å²) >= 11 is 3.53. The van der Waals surface area contributed by atoms with E-state index >= 15 is 0 Å². The SMILES string of the molecule is CC(C)CC[C@@H](c1cc(Br)ccc1O)N1CCNCC1. The molecule has 1 fully saturated rings. The Morgan fingerprint density at radius 3 is 2.60 bits per heavy atom. The van der Waals surface area contributed by atoms with Gasteiger partial charge in [-0.15, -0.1) is 0 Å². The van der Waals surface area contributed by atoms with Crippen molar-refractivity contribution in [1.29, 1.82) is 0 Å². The minimum Gasteiger partial charge on any atom is -0.508 e. The van der Waals surface area contributed by atoms with Crippen LogP contribution in [0.1, 0.15) is 38.3 Å². The molecule has 0 radical (unpaired) electrons. The van der Waals surface area contributed by atoms with Gasteiger partial charge < -0.3 is 10.4 Å². The zero-order valence-corrected chi connectivity index (χ0v) is 14.0. The highest BCUT2D eigenvalue weighted by atomic mass is 79.9. The predicted molar refractivity (Wildman–Crippen MR) is 87.1 cm³/mol. The van der Waals surface area contributed by atoms with Gasteiger partial charge in [-0.3, -0.25) is 4.90 Å². The average molecular weight is 341 g/mol. The molecule has 0 aliphatic carbocycles. The summed E-state index contributed by atoms with van der Waals surface area (Å²) in [5, 5.41) is 13.6. The van der Waals surface area contributed by atoms with Gasteiger partial charge >= 0.3 is 0 Å². The summed E-state index contributed by atoms with van der Waals surface area (Å²) in [4.78, 5) is 2.50. The minimum absolute atomic E-state index is 0.317. The van der Waals surface area contributed by atoms with E-state index in [9.17, 15) is 5.11 Å². The number of halogens is 1. The second-order valence-corrected chi connectivity index (χ2v) is 6.89. The first-order chi connectivity index (χ1) is 9.58. The molecule has 0 amide bonds. The van der Waals surface area contributed by atoms with Crippen LogP contribution in [0.5, 0.6) is 5.75 Å². The maximum atomic E-state index is 10.2. The summed E-state index contributed by atoms with van der Waals surface area (Å²) in [6.45, 7) is 8.69. The molecule has 1 atom stereocenters. The lowest BCUT2D eigenvalue weighted by molar-refractivity contribution is 0.157. The van der Waals surface area contributed by atoms with Crippen molar-refractivity contribution in [3.8, 4) is 5.75 Å². The average Bonchev–Trinajstić information content (AvgIpc) is 2.43. The Kier molecular flexibility index (Phi) is 5.87. The van der Waals surface area contributed by atoms with Crippen molar-refractivity contribution in [3.63, 3.8) is 0 Å². The van der Waals surface area contributed by atoms with Crippen LogP contribution >= 0.6 is 15.9 Å². The van der Waals surface area contributed by atoms with Crippen LogP contribution in [0.25, 0.3) is 0 Å². The van der Waals surface area contributed by atoms with E-state index in [1.807, 2.05) is 6.07 Å². The quantitative estimate of drug-likeness (QED) is 0.860. The number of nitrogens with zero attached hydrogens (tertiary/aromatic N) is 1. The third kappa shape index (κ3) is 4.21. The van der Waals surface area contributed by atoms with Gasteiger partial charge in [0.05, 0.1) is 0 Å². The molecule has 3 nitrogen and oxygen atoms in total. The van der Waals surface area contributed by atoms with Crippen LogP contribution in [-0.2, 0) is 0 Å². The zero-order valence-electron chi connectivity index (χ0n) is 12.4. The molecule has 0 spiro atoms. The van der Waals surface area contributed by atoms with Gasteiger partial charge in [0.1, 0.15) is 5.75 Å². The number of phenolic OH excluding ortho intramolecular Hbond substituents is 1. The molecule has 1 aliphatic rings. The van der Waals surface area contributed by atoms with E-state index in [-0.39, 0.29) is 0 Å². The van der Waals surface area contributed by atoms with Crippen molar-refractivity contribution < 1.29 is 5.11 Å². The van der Waals surface area contributed by atoms with E-state index in [0.29, 0.717) is 17.7 Å². The molecular weight excluding hydrogens is 316 g/mol. The monoisotopic (exact) mass is 340 g/mol. The van der Waals surface area contributed by atoms with Crippen molar-refractivity contribution >= 4 is 15.9 Å². The van der Waals surface area contributed by atoms with E-state index in [1.165, 1.54) is 6.42 Å². The number of hydrogen-bond donors (Lipinski definition) is 2. The Morgan fingerprint density at radius 2 is 1.95 bits per heavy atom. The number of hydrogen-bond acceptors (Lipinski definition) is 3. The third-order valence-electron chi connectivity index (χ3n) is 3.96. The molecule has 20 heavy (non-hydrogen) atoms. The molecule has 112 valence electrons. The fourth-order valence-corrected chi connectivity index (χ4v) is 3.19. The minimum atomic E-state index is 0.317. The Bertz CT molecular complexity index is 430. The second-order valence-electron chi connectivity index (χ2n) is 5.98. The lowest BCUT2D eigenvalue weighted by Crippen LogP contribution is -2.45. The highest BCUT2D eigenvalue weighted by Crippen LogP contribution is 2.35. The van der Waals surface area contributed by atoms with Crippen LogP contribution in [-0.4, -0.2) is 36.2 Å². The molecule has 0 aromatic heterocycles. The van der Waals surface area contributed by atoms with Gasteiger partial charge in [-0.2, -0.15) is 0 Å². The Balaban J connectivity index is 2.21. The van der Waals surface area contributed by atoms with Gasteiger partial charge in [0, 0.05) is 42.3 Å². The number of phenols is 1. The maximum Gasteiger partial charge on any atom is 0.120 e. The standard InChI is InChI=1S/C16H25BrN2O/c1-12(2)3-5-15(19-9-7-18-8-10-19)14-11-13(17)4-6-16(14)20/h4,6,11-12,15,18,20H,3,5,7-10H2,1-2H3/t15-/m0/s1. The third-order valence-corrected chi connectivity index (χ3v) is 4.45. The number of nitrogens with one attached hydrogen (secondary N) is 1. The molecule has 1 saturated heterocycles. The highest BCUT2D eigenvalue weighted by molar-refractivity contribution is 9.10. The summed E-state index contributed by atoms with van der Waals surface area (Å²) in [7, 11) is 0. The van der Waals surface area contributed by atoms with Crippen LogP contribution in [0, 0.1) is 5.92 Å². The molecule has 2 rings (SSSR count). The van der Waals surface area contributed by atoms with Gasteiger partial charge in [0.2, 0.25) is 0 Å². The van der Waals surface area contributed by atoms with E-state index in [4.69, 9.17) is 0 Å². The van der Waals surface area contributed by atoms with E-state index in [0.717, 1.165) is 42.6 Å². The molecule has 0 bridgehead atoms. The molecule has 0 saturated carbocycles. The number of benzene rings is 1. The smallest absolute Gasteiger partial charge is 0.120 e. The van der Waals surface area contributed by atoms with Crippen LogP contribution in [0.4, 0.5) is 0 Å². The van der Waals surface area contributed by atoms with E-state index in [2.05, 4.69) is 46.1 Å². The summed E-state index contributed by atoms with van der Waals surface area (Å²) in [5.74, 6) is 1.11. The lowest BCUT2D eigenvalue weighted by atomic mass is 9.95. The number of rotatable bonds is 5. The molecule has 0 unspecified atom stereocenters. The normalized spacial score (nSPS) is 18.4. The molecular formula is C16H25BrN2O. The largest absolute Gasteiger partial charge is 0.508 e. The first-order valence-corrected chi connectivity index (χ1v) is 8.30. The summed E-state index contributed by atoms with van der Waals surface area (Å²) < 4.78 is 1.04. The Hall–Kier alpha value is -0.580. The van der Waals surface area contributed by atoms with Crippen LogP contribution in [0.2, 0.25) is 0 Å². The zero-order chi connectivity index (χ0) is 14.5. The van der Waals surface area contributed by atoms with E-state index < -0.39 is 0 Å². The van der Waals surface area contributed by atoms with Gasteiger partial charge in [0.25, 0.3) is 0 Å². The van der Waals surface area contributed by atoms with Crippen molar-refractivity contribution in [1.82, 2.24) is 10.2 Å². The molecule has 1 aliphatic heterocycles. The van der Waals surface area contributed by atoms with Crippen LogP contribution in [0.3, 0.4) is 0 Å². The molecule has 1 aromatic carbocycles. The van der Waals surface area contributed by atoms with Crippen LogP contribution < -0.4 is 5.32 Å². The summed E-state index contributed by atoms with van der Waals surface area (Å²) in [5.41, 5.74) is 1.06. The molecule has 1 heterocycles. The first kappa shape index (κ1) is 15.8. The molecule has 2 N–H and O–H groups in total. The first-order valence-electron chi connectivity index (χ1n) is 7.51. The fourth-order valence-electron chi connectivity index (χ4n) is 2.81. The van der Waals surface area contributed by atoms with Gasteiger partial charge in [-0.05, 0) is 37.0 Å². The lowest BCUT2D eigenvalue weighted by Gasteiger charge is -2.36. The topological polar surface area (TPSA) is 35.5 Å². The van der Waals surface area contributed by atoms with Crippen molar-refractivity contribution in [2.24, 2.45) is 5.92 Å². The van der Waals surface area contributed by atoms with Gasteiger partial charge in [-0.1, -0.05) is 29.8 Å². The molecule has 4 heteroatoms. The fraction of sp³-hybridized carbons (Fsp3) is 0.625. The van der Waals surface area contributed by atoms with E-state index in [1.54, 1.807) is 6.07 Å². The Morgan fingerprint density at radius 1 is 1.25 bits per heavy atom. The van der Waals surface area contributed by atoms with Gasteiger partial charge in [-0.25, -0.2) is 0 Å². The van der Waals surface area contributed by atoms with Crippen molar-refractivity contribution in [2.45, 2.75) is 32.7 Å². The highest BCUT2D eigenvalue weighted by Gasteiger charge is 2.24.